The molecule has 1 heterocycles. The van der Waals surface area contributed by atoms with Gasteiger partial charge in [-0.1, -0.05) is 36.0 Å². The van der Waals surface area contributed by atoms with Crippen LogP contribution in [0.15, 0.2) is 53.4 Å². The van der Waals surface area contributed by atoms with Crippen LogP contribution >= 0.6 is 11.8 Å². The van der Waals surface area contributed by atoms with Gasteiger partial charge in [-0.05, 0) is 18.2 Å². The molecule has 0 spiro atoms. The smallest absolute Gasteiger partial charge is 0.275 e. The van der Waals surface area contributed by atoms with Gasteiger partial charge in [0.25, 0.3) is 5.69 Å². The Hall–Kier alpha value is -2.01. The molecule has 0 aromatic heterocycles. The van der Waals surface area contributed by atoms with Crippen molar-refractivity contribution < 1.29 is 4.92 Å². The van der Waals surface area contributed by atoms with Gasteiger partial charge in [0.05, 0.1) is 16.2 Å². The van der Waals surface area contributed by atoms with Crippen LogP contribution < -0.4 is 4.90 Å². The molecule has 1 atom stereocenters. The summed E-state index contributed by atoms with van der Waals surface area (Å²) in [4.78, 5) is 14.1. The van der Waals surface area contributed by atoms with Crippen molar-refractivity contribution in [1.82, 2.24) is 0 Å². The van der Waals surface area contributed by atoms with Crippen molar-refractivity contribution in [2.45, 2.75) is 10.3 Å². The third kappa shape index (κ3) is 1.96. The number of benzene rings is 2. The molecule has 1 unspecified atom stereocenters. The standard InChI is InChI=1S/C14H12N2O2S/c1-15-12-8-4-5-9-13(12)19-14(15)10-6-2-3-7-11(10)16(17)18/h2-9,14H,1H3. The molecule has 0 fully saturated rings. The van der Waals surface area contributed by atoms with Gasteiger partial charge in [0.1, 0.15) is 5.37 Å². The van der Waals surface area contributed by atoms with Crippen molar-refractivity contribution in [2.24, 2.45) is 0 Å². The predicted octanol–water partition coefficient (Wildman–Crippen LogP) is 3.84. The molecule has 2 aromatic rings. The number of para-hydroxylation sites is 2. The molecule has 0 N–H and O–H groups in total. The van der Waals surface area contributed by atoms with Crippen LogP contribution in [0.25, 0.3) is 0 Å². The molecule has 0 radical (unpaired) electrons. The Labute approximate surface area is 115 Å². The molecule has 0 bridgehead atoms. The zero-order valence-corrected chi connectivity index (χ0v) is 11.1. The first-order valence-corrected chi connectivity index (χ1v) is 6.78. The molecule has 96 valence electrons. The van der Waals surface area contributed by atoms with Gasteiger partial charge in [0, 0.05) is 18.0 Å². The van der Waals surface area contributed by atoms with Crippen LogP contribution in [0.3, 0.4) is 0 Å². The van der Waals surface area contributed by atoms with Crippen molar-refractivity contribution >= 4 is 23.1 Å². The molecule has 4 nitrogen and oxygen atoms in total. The molecule has 0 amide bonds. The number of nitro groups is 1. The summed E-state index contributed by atoms with van der Waals surface area (Å²) in [5, 5.41) is 11.1. The molecular weight excluding hydrogens is 260 g/mol. The Morgan fingerprint density at radius 2 is 1.84 bits per heavy atom. The topological polar surface area (TPSA) is 46.4 Å². The van der Waals surface area contributed by atoms with Gasteiger partial charge >= 0.3 is 0 Å². The Kier molecular flexibility index (Phi) is 2.91. The molecule has 1 aliphatic rings. The van der Waals surface area contributed by atoms with Crippen LogP contribution in [0.1, 0.15) is 10.9 Å². The summed E-state index contributed by atoms with van der Waals surface area (Å²) < 4.78 is 0. The average molecular weight is 272 g/mol. The fourth-order valence-corrected chi connectivity index (χ4v) is 3.64. The van der Waals surface area contributed by atoms with E-state index in [2.05, 4.69) is 4.90 Å². The second-order valence-electron chi connectivity index (χ2n) is 4.36. The lowest BCUT2D eigenvalue weighted by Crippen LogP contribution is -2.18. The number of hydrogen-bond acceptors (Lipinski definition) is 4. The van der Waals surface area contributed by atoms with E-state index in [1.807, 2.05) is 43.4 Å². The summed E-state index contributed by atoms with van der Waals surface area (Å²) in [6, 6.07) is 15.0. The fraction of sp³-hybridized carbons (Fsp3) is 0.143. The molecule has 3 rings (SSSR count). The van der Waals surface area contributed by atoms with Gasteiger partial charge in [-0.3, -0.25) is 10.1 Å². The Morgan fingerprint density at radius 1 is 1.16 bits per heavy atom. The lowest BCUT2D eigenvalue weighted by Gasteiger charge is -2.21. The molecule has 0 saturated heterocycles. The van der Waals surface area contributed by atoms with Crippen molar-refractivity contribution in [3.8, 4) is 0 Å². The number of hydrogen-bond donors (Lipinski definition) is 0. The van der Waals surface area contributed by atoms with E-state index in [4.69, 9.17) is 0 Å². The second kappa shape index (κ2) is 4.59. The van der Waals surface area contributed by atoms with E-state index in [1.54, 1.807) is 23.9 Å². The van der Waals surface area contributed by atoms with Gasteiger partial charge < -0.3 is 4.90 Å². The summed E-state index contributed by atoms with van der Waals surface area (Å²) in [6.45, 7) is 0. The SMILES string of the molecule is CN1c2ccccc2SC1c1ccccc1[N+](=O)[O-]. The first kappa shape index (κ1) is 12.0. The average Bonchev–Trinajstić information content (AvgIpc) is 2.76. The van der Waals surface area contributed by atoms with Crippen LogP contribution in [0.4, 0.5) is 11.4 Å². The van der Waals surface area contributed by atoms with E-state index in [1.165, 1.54) is 0 Å². The Morgan fingerprint density at radius 3 is 2.58 bits per heavy atom. The normalized spacial score (nSPS) is 17.3. The third-order valence-corrected chi connectivity index (χ3v) is 4.63. The number of rotatable bonds is 2. The highest BCUT2D eigenvalue weighted by Gasteiger charge is 2.32. The summed E-state index contributed by atoms with van der Waals surface area (Å²) in [5.74, 6) is 0. The van der Waals surface area contributed by atoms with E-state index in [-0.39, 0.29) is 16.0 Å². The van der Waals surface area contributed by atoms with Crippen molar-refractivity contribution in [3.63, 3.8) is 0 Å². The molecule has 1 aliphatic heterocycles. The van der Waals surface area contributed by atoms with E-state index in [9.17, 15) is 10.1 Å². The number of fused-ring (bicyclic) bond motifs is 1. The zero-order chi connectivity index (χ0) is 13.4. The molecular formula is C14H12N2O2S. The van der Waals surface area contributed by atoms with Crippen molar-refractivity contribution in [1.29, 1.82) is 0 Å². The monoisotopic (exact) mass is 272 g/mol. The van der Waals surface area contributed by atoms with E-state index >= 15 is 0 Å². The number of nitrogens with zero attached hydrogens (tertiary/aromatic N) is 2. The van der Waals surface area contributed by atoms with Crippen molar-refractivity contribution in [3.05, 3.63) is 64.2 Å². The zero-order valence-electron chi connectivity index (χ0n) is 10.3. The molecule has 5 heteroatoms. The van der Waals surface area contributed by atoms with Crippen LogP contribution in [0, 0.1) is 10.1 Å². The summed E-state index contributed by atoms with van der Waals surface area (Å²) in [5.41, 5.74) is 2.05. The summed E-state index contributed by atoms with van der Waals surface area (Å²) in [6.07, 6.45) is 0. The van der Waals surface area contributed by atoms with E-state index < -0.39 is 0 Å². The maximum absolute atomic E-state index is 11.1. The van der Waals surface area contributed by atoms with Crippen LogP contribution in [0.2, 0.25) is 0 Å². The van der Waals surface area contributed by atoms with Gasteiger partial charge in [0.15, 0.2) is 0 Å². The molecule has 2 aromatic carbocycles. The largest absolute Gasteiger partial charge is 0.357 e. The number of anilines is 1. The third-order valence-electron chi connectivity index (χ3n) is 3.24. The minimum atomic E-state index is -0.313. The quantitative estimate of drug-likeness (QED) is 0.615. The van der Waals surface area contributed by atoms with Crippen LogP contribution in [-0.2, 0) is 0 Å². The highest BCUT2D eigenvalue weighted by molar-refractivity contribution is 8.00. The van der Waals surface area contributed by atoms with Gasteiger partial charge in [-0.25, -0.2) is 0 Å². The molecule has 0 aliphatic carbocycles. The van der Waals surface area contributed by atoms with Gasteiger partial charge in [0.2, 0.25) is 0 Å². The highest BCUT2D eigenvalue weighted by Crippen LogP contribution is 2.51. The molecule has 19 heavy (non-hydrogen) atoms. The minimum Gasteiger partial charge on any atom is -0.357 e. The molecule has 0 saturated carbocycles. The van der Waals surface area contributed by atoms with E-state index in [0.29, 0.717) is 0 Å². The second-order valence-corrected chi connectivity index (χ2v) is 5.49. The van der Waals surface area contributed by atoms with Crippen LogP contribution in [-0.4, -0.2) is 12.0 Å². The Bertz CT molecular complexity index is 645. The lowest BCUT2D eigenvalue weighted by molar-refractivity contribution is -0.385. The first-order valence-electron chi connectivity index (χ1n) is 5.90. The highest BCUT2D eigenvalue weighted by atomic mass is 32.2. The summed E-state index contributed by atoms with van der Waals surface area (Å²) in [7, 11) is 1.97. The Balaban J connectivity index is 2.05. The lowest BCUT2D eigenvalue weighted by atomic mass is 10.1. The maximum Gasteiger partial charge on any atom is 0.275 e. The van der Waals surface area contributed by atoms with Crippen molar-refractivity contribution in [2.75, 3.05) is 11.9 Å². The van der Waals surface area contributed by atoms with Crippen LogP contribution in [0.5, 0.6) is 0 Å². The predicted molar refractivity (Wildman–Crippen MR) is 76.5 cm³/mol. The maximum atomic E-state index is 11.1. The minimum absolute atomic E-state index is 0.0426. The number of nitro benzene ring substituents is 1. The summed E-state index contributed by atoms with van der Waals surface area (Å²) >= 11 is 1.65. The fourth-order valence-electron chi connectivity index (χ4n) is 2.31. The van der Waals surface area contributed by atoms with Gasteiger partial charge in [-0.2, -0.15) is 0 Å². The van der Waals surface area contributed by atoms with Gasteiger partial charge in [-0.15, -0.1) is 0 Å². The first-order chi connectivity index (χ1) is 9.18. The number of thioether (sulfide) groups is 1. The van der Waals surface area contributed by atoms with E-state index in [0.717, 1.165) is 16.1 Å².